The summed E-state index contributed by atoms with van der Waals surface area (Å²) < 4.78 is 28.0. The summed E-state index contributed by atoms with van der Waals surface area (Å²) in [4.78, 5) is 10.4. The second-order valence-electron chi connectivity index (χ2n) is 1.78. The highest BCUT2D eigenvalue weighted by molar-refractivity contribution is 5.92. The van der Waals surface area contributed by atoms with Crippen molar-refractivity contribution in [2.75, 3.05) is 0 Å². The Morgan fingerprint density at radius 3 is 2.73 bits per heavy atom. The maximum absolute atomic E-state index is 11.9. The number of nitrogens with zero attached hydrogens (tertiary/aromatic N) is 1. The minimum atomic E-state index is -2.79. The van der Waals surface area contributed by atoms with Gasteiger partial charge in [0.05, 0.1) is 5.56 Å². The Kier molecular flexibility index (Phi) is 1.84. The summed E-state index contributed by atoms with van der Waals surface area (Å²) in [6.07, 6.45) is -2.09. The molecule has 1 aromatic heterocycles. The van der Waals surface area contributed by atoms with E-state index in [-0.39, 0.29) is 0 Å². The lowest BCUT2D eigenvalue weighted by molar-refractivity contribution is 0.0979. The molecule has 4 nitrogen and oxygen atoms in total. The fraction of sp³-hybridized carbons (Fsp3) is 0.200. The van der Waals surface area contributed by atoms with Crippen LogP contribution in [0.4, 0.5) is 8.78 Å². The van der Waals surface area contributed by atoms with E-state index in [9.17, 15) is 13.6 Å². The highest BCUT2D eigenvalue weighted by Crippen LogP contribution is 2.21. The number of aromatic nitrogens is 1. The molecule has 0 unspecified atom stereocenters. The summed E-state index contributed by atoms with van der Waals surface area (Å²) in [5, 5.41) is 3.01. The number of halogens is 2. The Hall–Kier alpha value is -1.46. The second kappa shape index (κ2) is 2.65. The monoisotopic (exact) mass is 162 g/mol. The first-order valence-corrected chi connectivity index (χ1v) is 2.65. The van der Waals surface area contributed by atoms with Gasteiger partial charge in [-0.3, -0.25) is 4.79 Å². The number of hydrogen-bond acceptors (Lipinski definition) is 3. The first-order valence-electron chi connectivity index (χ1n) is 2.65. The molecule has 0 bridgehead atoms. The van der Waals surface area contributed by atoms with Crippen molar-refractivity contribution in [2.24, 2.45) is 5.73 Å². The average molecular weight is 162 g/mol. The van der Waals surface area contributed by atoms with Crippen molar-refractivity contribution >= 4 is 5.91 Å². The topological polar surface area (TPSA) is 69.1 Å². The maximum atomic E-state index is 11.9. The van der Waals surface area contributed by atoms with Crippen molar-refractivity contribution in [3.8, 4) is 0 Å². The van der Waals surface area contributed by atoms with Gasteiger partial charge < -0.3 is 10.3 Å². The molecular weight excluding hydrogens is 158 g/mol. The molecule has 1 amide bonds. The number of rotatable bonds is 2. The summed E-state index contributed by atoms with van der Waals surface area (Å²) in [7, 11) is 0. The number of primary amides is 1. The molecule has 0 aliphatic rings. The highest BCUT2D eigenvalue weighted by atomic mass is 19.3. The smallest absolute Gasteiger partial charge is 0.271 e. The molecule has 2 N–H and O–H groups in total. The van der Waals surface area contributed by atoms with Crippen LogP contribution in [0.15, 0.2) is 10.8 Å². The Morgan fingerprint density at radius 2 is 2.36 bits per heavy atom. The van der Waals surface area contributed by atoms with Crippen molar-refractivity contribution in [1.29, 1.82) is 0 Å². The third-order valence-electron chi connectivity index (χ3n) is 1.07. The highest BCUT2D eigenvalue weighted by Gasteiger charge is 2.20. The lowest BCUT2D eigenvalue weighted by atomic mass is 10.2. The molecule has 0 fully saturated rings. The zero-order valence-corrected chi connectivity index (χ0v) is 5.25. The van der Waals surface area contributed by atoms with Crippen LogP contribution in [0, 0.1) is 0 Å². The van der Waals surface area contributed by atoms with E-state index in [0.717, 1.165) is 0 Å². The van der Waals surface area contributed by atoms with Crippen LogP contribution in [0.2, 0.25) is 0 Å². The molecule has 1 heterocycles. The molecule has 0 spiro atoms. The van der Waals surface area contributed by atoms with Gasteiger partial charge >= 0.3 is 0 Å². The second-order valence-corrected chi connectivity index (χ2v) is 1.78. The van der Waals surface area contributed by atoms with Gasteiger partial charge in [0.1, 0.15) is 6.26 Å². The molecule has 0 saturated heterocycles. The van der Waals surface area contributed by atoms with E-state index in [1.54, 1.807) is 0 Å². The van der Waals surface area contributed by atoms with Gasteiger partial charge in [0, 0.05) is 0 Å². The summed E-state index contributed by atoms with van der Waals surface area (Å²) in [5.41, 5.74) is 3.62. The quantitative estimate of drug-likeness (QED) is 0.696. The number of alkyl halides is 2. The van der Waals surface area contributed by atoms with E-state index in [1.165, 1.54) is 0 Å². The van der Waals surface area contributed by atoms with Crippen molar-refractivity contribution < 1.29 is 18.1 Å². The van der Waals surface area contributed by atoms with Crippen LogP contribution in [0.1, 0.15) is 22.5 Å². The van der Waals surface area contributed by atoms with Crippen molar-refractivity contribution in [2.45, 2.75) is 6.43 Å². The predicted molar refractivity (Wildman–Crippen MR) is 30.0 cm³/mol. The Bertz CT molecular complexity index is 271. The van der Waals surface area contributed by atoms with Crippen LogP contribution in [-0.4, -0.2) is 11.1 Å². The Morgan fingerprint density at radius 1 is 1.73 bits per heavy atom. The molecule has 1 aromatic rings. The Labute approximate surface area is 60.0 Å². The van der Waals surface area contributed by atoms with Crippen LogP contribution in [0.5, 0.6) is 0 Å². The molecule has 0 radical (unpaired) electrons. The van der Waals surface area contributed by atoms with Crippen LogP contribution in [0.25, 0.3) is 0 Å². The average Bonchev–Trinajstić information content (AvgIpc) is 2.32. The third kappa shape index (κ3) is 1.34. The van der Waals surface area contributed by atoms with Gasteiger partial charge in [-0.1, -0.05) is 5.16 Å². The van der Waals surface area contributed by atoms with Crippen LogP contribution < -0.4 is 5.73 Å². The lowest BCUT2D eigenvalue weighted by Crippen LogP contribution is -2.13. The molecule has 6 heteroatoms. The molecule has 0 aliphatic carbocycles. The number of hydrogen-bond donors (Lipinski definition) is 1. The number of nitrogens with two attached hydrogens (primary N) is 1. The minimum absolute atomic E-state index is 0.514. The summed E-state index contributed by atoms with van der Waals surface area (Å²) in [6, 6.07) is 0. The SMILES string of the molecule is NC(=O)c1nocc1C(F)F. The molecule has 0 atom stereocenters. The molecule has 60 valence electrons. The van der Waals surface area contributed by atoms with Crippen molar-refractivity contribution in [3.63, 3.8) is 0 Å². The lowest BCUT2D eigenvalue weighted by Gasteiger charge is -1.92. The minimum Gasteiger partial charge on any atom is -0.364 e. The van der Waals surface area contributed by atoms with E-state index >= 15 is 0 Å². The van der Waals surface area contributed by atoms with Gasteiger partial charge in [-0.05, 0) is 0 Å². The number of amides is 1. The molecule has 0 aromatic carbocycles. The predicted octanol–water partition coefficient (Wildman–Crippen LogP) is 0.711. The third-order valence-corrected chi connectivity index (χ3v) is 1.07. The van der Waals surface area contributed by atoms with E-state index in [2.05, 4.69) is 9.68 Å². The fourth-order valence-electron chi connectivity index (χ4n) is 0.586. The molecular formula is C5H4F2N2O2. The first kappa shape index (κ1) is 7.64. The van der Waals surface area contributed by atoms with Gasteiger partial charge in [-0.2, -0.15) is 0 Å². The maximum Gasteiger partial charge on any atom is 0.271 e. The van der Waals surface area contributed by atoms with Crippen LogP contribution in [-0.2, 0) is 0 Å². The fourth-order valence-corrected chi connectivity index (χ4v) is 0.586. The molecule has 0 saturated carbocycles. The summed E-state index contributed by atoms with van der Waals surface area (Å²) in [5.74, 6) is -1.02. The van der Waals surface area contributed by atoms with E-state index in [1.807, 2.05) is 0 Å². The number of carbonyl (C=O) groups is 1. The van der Waals surface area contributed by atoms with Gasteiger partial charge in [-0.15, -0.1) is 0 Å². The molecule has 11 heavy (non-hydrogen) atoms. The van der Waals surface area contributed by atoms with E-state index < -0.39 is 23.6 Å². The standard InChI is InChI=1S/C5H4F2N2O2/c6-4(7)2-1-11-9-3(2)5(8)10/h1,4H,(H2,8,10). The zero-order valence-electron chi connectivity index (χ0n) is 5.25. The van der Waals surface area contributed by atoms with Crippen LogP contribution in [0.3, 0.4) is 0 Å². The van der Waals surface area contributed by atoms with E-state index in [4.69, 9.17) is 5.73 Å². The normalized spacial score (nSPS) is 10.5. The van der Waals surface area contributed by atoms with Crippen molar-refractivity contribution in [3.05, 3.63) is 17.5 Å². The van der Waals surface area contributed by atoms with Gasteiger partial charge in [0.15, 0.2) is 5.69 Å². The van der Waals surface area contributed by atoms with Gasteiger partial charge in [-0.25, -0.2) is 8.78 Å². The van der Waals surface area contributed by atoms with Gasteiger partial charge in [0.2, 0.25) is 0 Å². The van der Waals surface area contributed by atoms with Crippen molar-refractivity contribution in [1.82, 2.24) is 5.16 Å². The Balaban J connectivity index is 3.06. The van der Waals surface area contributed by atoms with Crippen LogP contribution >= 0.6 is 0 Å². The number of carbonyl (C=O) groups excluding carboxylic acids is 1. The summed E-state index contributed by atoms with van der Waals surface area (Å²) in [6.45, 7) is 0. The molecule has 0 aliphatic heterocycles. The van der Waals surface area contributed by atoms with Gasteiger partial charge in [0.25, 0.3) is 12.3 Å². The van der Waals surface area contributed by atoms with E-state index in [0.29, 0.717) is 6.26 Å². The first-order chi connectivity index (χ1) is 5.13. The summed E-state index contributed by atoms with van der Waals surface area (Å²) >= 11 is 0. The zero-order chi connectivity index (χ0) is 8.43. The molecule has 1 rings (SSSR count). The largest absolute Gasteiger partial charge is 0.364 e.